The average molecular weight is 413 g/mol. The molecule has 6 unspecified atom stereocenters. The molecule has 5 fully saturated rings. The molecule has 2 heterocycles. The van der Waals surface area contributed by atoms with Gasteiger partial charge in [-0.15, -0.1) is 0 Å². The fourth-order valence-electron chi connectivity index (χ4n) is 8.83. The van der Waals surface area contributed by atoms with Crippen molar-refractivity contribution in [2.75, 3.05) is 0 Å². The topological polar surface area (TPSA) is 24.1 Å². The molecule has 5 aliphatic rings. The van der Waals surface area contributed by atoms with Crippen molar-refractivity contribution in [3.05, 3.63) is 0 Å². The Hall–Kier alpha value is -0.0151. The Labute approximate surface area is 187 Å². The van der Waals surface area contributed by atoms with Crippen LogP contribution >= 0.6 is 0 Å². The van der Waals surface area contributed by atoms with Gasteiger partial charge in [-0.1, -0.05) is 103 Å². The minimum absolute atomic E-state index is 0.807. The molecule has 3 heteroatoms. The van der Waals surface area contributed by atoms with Gasteiger partial charge in [0.25, 0.3) is 0 Å². The first-order valence-electron chi connectivity index (χ1n) is 14.4. The second-order valence-corrected chi connectivity index (χ2v) is 11.9. The maximum Gasteiger partial charge on any atom is 0.156 e. The van der Waals surface area contributed by atoms with E-state index in [0.29, 0.717) is 0 Å². The predicted octanol–water partition coefficient (Wildman–Crippen LogP) is 7.12. The summed E-state index contributed by atoms with van der Waals surface area (Å²) >= 11 is 0. The van der Waals surface area contributed by atoms with E-state index in [1.54, 1.807) is 0 Å². The number of hydrogen-bond acceptors (Lipinski definition) is 2. The number of rotatable bonds is 0. The quantitative estimate of drug-likeness (QED) is 0.414. The van der Waals surface area contributed by atoms with Crippen LogP contribution in [0, 0.1) is 0 Å². The normalized spacial score (nSPS) is 44.0. The molecule has 3 saturated carbocycles. The molecule has 3 aliphatic carbocycles. The number of nitrogens with one attached hydrogen (secondary N) is 2. The summed E-state index contributed by atoms with van der Waals surface area (Å²) in [6.07, 6.45) is 29.7. The van der Waals surface area contributed by atoms with E-state index in [9.17, 15) is 0 Å². The van der Waals surface area contributed by atoms with Gasteiger partial charge in [-0.25, -0.2) is 0 Å². The molecule has 0 bridgehead atoms. The second kappa shape index (κ2) is 10.7. The molecule has 2 N–H and O–H groups in total. The molecule has 170 valence electrons. The molecule has 5 rings (SSSR count). The van der Waals surface area contributed by atoms with Gasteiger partial charge in [-0.05, 0) is 43.1 Å². The fraction of sp³-hybridized carbons (Fsp3) is 1.00. The summed E-state index contributed by atoms with van der Waals surface area (Å²) in [5, 5.41) is 8.75. The van der Waals surface area contributed by atoms with E-state index in [1.807, 2.05) is 0 Å². The SMILES string of the molecule is C1CCCC2NC3CCCCCCC4NC5CCCCCCCC5B(C2CCC1)C34. The van der Waals surface area contributed by atoms with Crippen LogP contribution in [-0.2, 0) is 0 Å². The third kappa shape index (κ3) is 4.83. The molecular formula is C27H49BN2. The summed E-state index contributed by atoms with van der Waals surface area (Å²) in [6.45, 7) is 1.02. The van der Waals surface area contributed by atoms with E-state index >= 15 is 0 Å². The largest absolute Gasteiger partial charge is 0.312 e. The second-order valence-electron chi connectivity index (χ2n) is 11.9. The highest BCUT2D eigenvalue weighted by Crippen LogP contribution is 2.52. The van der Waals surface area contributed by atoms with Crippen molar-refractivity contribution >= 4 is 6.71 Å². The van der Waals surface area contributed by atoms with Crippen molar-refractivity contribution in [1.29, 1.82) is 0 Å². The Balaban J connectivity index is 1.48. The van der Waals surface area contributed by atoms with Crippen LogP contribution < -0.4 is 10.6 Å². The van der Waals surface area contributed by atoms with E-state index in [-0.39, 0.29) is 0 Å². The van der Waals surface area contributed by atoms with Crippen molar-refractivity contribution < 1.29 is 0 Å². The molecular weight excluding hydrogens is 363 g/mol. The van der Waals surface area contributed by atoms with E-state index in [2.05, 4.69) is 10.6 Å². The van der Waals surface area contributed by atoms with E-state index in [4.69, 9.17) is 0 Å². The van der Waals surface area contributed by atoms with Crippen LogP contribution in [-0.4, -0.2) is 30.9 Å². The van der Waals surface area contributed by atoms with Gasteiger partial charge in [0.05, 0.1) is 0 Å². The first kappa shape index (κ1) is 21.8. The molecule has 0 aromatic heterocycles. The lowest BCUT2D eigenvalue weighted by atomic mass is 9.20. The highest BCUT2D eigenvalue weighted by molar-refractivity contribution is 6.65. The fourth-order valence-corrected chi connectivity index (χ4v) is 8.83. The Kier molecular flexibility index (Phi) is 7.80. The summed E-state index contributed by atoms with van der Waals surface area (Å²) in [5.74, 6) is 2.87. The summed E-state index contributed by atoms with van der Waals surface area (Å²) in [7, 11) is 0. The van der Waals surface area contributed by atoms with Crippen molar-refractivity contribution in [2.45, 2.75) is 170 Å². The molecule has 0 radical (unpaired) electrons. The maximum absolute atomic E-state index is 4.37. The zero-order valence-corrected chi connectivity index (χ0v) is 19.8. The minimum atomic E-state index is 0.807. The highest BCUT2D eigenvalue weighted by atomic mass is 15.0. The van der Waals surface area contributed by atoms with Gasteiger partial charge in [-0.3, -0.25) is 0 Å². The molecule has 0 aromatic carbocycles. The van der Waals surface area contributed by atoms with Crippen molar-refractivity contribution in [3.63, 3.8) is 0 Å². The Morgan fingerprint density at radius 1 is 0.367 bits per heavy atom. The molecule has 0 spiro atoms. The van der Waals surface area contributed by atoms with Crippen molar-refractivity contribution in [3.8, 4) is 0 Å². The maximum atomic E-state index is 4.37. The van der Waals surface area contributed by atoms with E-state index in [1.165, 1.54) is 128 Å². The summed E-state index contributed by atoms with van der Waals surface area (Å²) in [5.41, 5.74) is 0. The van der Waals surface area contributed by atoms with Gasteiger partial charge in [0.15, 0.2) is 6.71 Å². The summed E-state index contributed by atoms with van der Waals surface area (Å²) in [4.78, 5) is 0. The minimum Gasteiger partial charge on any atom is -0.312 e. The van der Waals surface area contributed by atoms with E-state index < -0.39 is 0 Å². The van der Waals surface area contributed by atoms with Gasteiger partial charge in [0, 0.05) is 24.2 Å². The van der Waals surface area contributed by atoms with Crippen molar-refractivity contribution in [1.82, 2.24) is 10.6 Å². The van der Waals surface area contributed by atoms with Crippen LogP contribution in [0.15, 0.2) is 0 Å². The lowest BCUT2D eigenvalue weighted by Crippen LogP contribution is -2.68. The molecule has 2 aliphatic heterocycles. The van der Waals surface area contributed by atoms with Gasteiger partial charge in [0.2, 0.25) is 0 Å². The smallest absolute Gasteiger partial charge is 0.156 e. The van der Waals surface area contributed by atoms with Crippen LogP contribution in [0.5, 0.6) is 0 Å². The number of fused-ring (bicyclic) bond motifs is 4. The zero-order chi connectivity index (χ0) is 20.2. The van der Waals surface area contributed by atoms with Gasteiger partial charge in [0.1, 0.15) is 0 Å². The Morgan fingerprint density at radius 3 is 1.13 bits per heavy atom. The Bertz CT molecular complexity index is 481. The molecule has 2 saturated heterocycles. The number of hydrogen-bond donors (Lipinski definition) is 2. The average Bonchev–Trinajstić information content (AvgIpc) is 3.00. The zero-order valence-electron chi connectivity index (χ0n) is 19.8. The monoisotopic (exact) mass is 412 g/mol. The first-order chi connectivity index (χ1) is 14.9. The highest BCUT2D eigenvalue weighted by Gasteiger charge is 2.55. The first-order valence-corrected chi connectivity index (χ1v) is 14.4. The van der Waals surface area contributed by atoms with Gasteiger partial charge in [-0.2, -0.15) is 0 Å². The molecule has 30 heavy (non-hydrogen) atoms. The van der Waals surface area contributed by atoms with Crippen LogP contribution in [0.2, 0.25) is 17.5 Å². The summed E-state index contributed by atoms with van der Waals surface area (Å²) < 4.78 is 0. The summed E-state index contributed by atoms with van der Waals surface area (Å²) in [6, 6.07) is 3.28. The van der Waals surface area contributed by atoms with Crippen LogP contribution in [0.4, 0.5) is 0 Å². The standard InChI is InChI=1S/C27H49BN2/c1-3-9-15-21-23(17-11-5-1)29-25-19-13-7-8-14-20-26-27(25)28(21)22-16-10-4-2-6-12-18-24(22)30-26/h21-27,29-30H,1-20H2. The molecule has 2 nitrogen and oxygen atoms in total. The third-order valence-electron chi connectivity index (χ3n) is 10.1. The van der Waals surface area contributed by atoms with E-state index in [0.717, 1.165) is 48.3 Å². The van der Waals surface area contributed by atoms with Gasteiger partial charge < -0.3 is 10.6 Å². The molecule has 0 aromatic rings. The van der Waals surface area contributed by atoms with Crippen LogP contribution in [0.1, 0.15) is 128 Å². The molecule has 6 atom stereocenters. The lowest BCUT2D eigenvalue weighted by Gasteiger charge is -2.57. The predicted molar refractivity (Wildman–Crippen MR) is 131 cm³/mol. The van der Waals surface area contributed by atoms with Crippen molar-refractivity contribution in [2.24, 2.45) is 0 Å². The van der Waals surface area contributed by atoms with Crippen LogP contribution in [0.25, 0.3) is 0 Å². The van der Waals surface area contributed by atoms with Gasteiger partial charge >= 0.3 is 0 Å². The Morgan fingerprint density at radius 2 is 0.700 bits per heavy atom. The lowest BCUT2D eigenvalue weighted by molar-refractivity contribution is 0.232. The van der Waals surface area contributed by atoms with Crippen LogP contribution in [0.3, 0.4) is 0 Å². The molecule has 0 amide bonds. The third-order valence-corrected chi connectivity index (χ3v) is 10.1.